The maximum atomic E-state index is 10.3. The second-order valence-electron chi connectivity index (χ2n) is 3.68. The highest BCUT2D eigenvalue weighted by atomic mass is 32.1. The normalized spacial score (nSPS) is 10.4. The molecule has 5 nitrogen and oxygen atoms in total. The number of carboxylic acids is 1. The molecule has 2 N–H and O–H groups in total. The number of aliphatic carboxylic acids is 1. The smallest absolute Gasteiger partial charge is 0.304 e. The van der Waals surface area contributed by atoms with Gasteiger partial charge in [-0.25, -0.2) is 4.98 Å². The second-order valence-corrected chi connectivity index (χ2v) is 4.54. The van der Waals surface area contributed by atoms with Gasteiger partial charge in [0.2, 0.25) is 0 Å². The molecule has 0 amide bonds. The minimum absolute atomic E-state index is 0.122. The number of nitrogens with zero attached hydrogens (tertiary/aromatic N) is 2. The third-order valence-corrected chi connectivity index (χ3v) is 3.17. The van der Waals surface area contributed by atoms with Crippen molar-refractivity contribution < 1.29 is 9.90 Å². The van der Waals surface area contributed by atoms with Crippen molar-refractivity contribution in [1.82, 2.24) is 15.3 Å². The van der Waals surface area contributed by atoms with Gasteiger partial charge >= 0.3 is 5.97 Å². The van der Waals surface area contributed by atoms with Gasteiger partial charge in [-0.05, 0) is 12.1 Å². The van der Waals surface area contributed by atoms with Crippen molar-refractivity contribution in [2.45, 2.75) is 13.0 Å². The van der Waals surface area contributed by atoms with Gasteiger partial charge in [0.05, 0.1) is 17.8 Å². The summed E-state index contributed by atoms with van der Waals surface area (Å²) in [6, 6.07) is 5.71. The number of thiazole rings is 1. The van der Waals surface area contributed by atoms with Gasteiger partial charge in [0.1, 0.15) is 5.01 Å². The van der Waals surface area contributed by atoms with E-state index in [9.17, 15) is 4.79 Å². The van der Waals surface area contributed by atoms with Crippen LogP contribution < -0.4 is 5.32 Å². The number of rotatable bonds is 6. The van der Waals surface area contributed by atoms with E-state index in [2.05, 4.69) is 15.3 Å². The lowest BCUT2D eigenvalue weighted by atomic mass is 10.3. The minimum atomic E-state index is -0.796. The molecule has 94 valence electrons. The molecule has 0 aliphatic heterocycles. The van der Waals surface area contributed by atoms with Crippen molar-refractivity contribution in [3.63, 3.8) is 0 Å². The summed E-state index contributed by atoms with van der Waals surface area (Å²) >= 11 is 1.54. The first-order valence-corrected chi connectivity index (χ1v) is 6.42. The fraction of sp³-hybridized carbons (Fsp3) is 0.250. The highest BCUT2D eigenvalue weighted by Crippen LogP contribution is 2.20. The predicted molar refractivity (Wildman–Crippen MR) is 69.3 cm³/mol. The van der Waals surface area contributed by atoms with Crippen LogP contribution in [0, 0.1) is 0 Å². The average molecular weight is 263 g/mol. The first-order valence-electron chi connectivity index (χ1n) is 5.54. The molecule has 0 aliphatic carbocycles. The lowest BCUT2D eigenvalue weighted by Gasteiger charge is -1.99. The van der Waals surface area contributed by atoms with E-state index in [1.807, 2.05) is 23.6 Å². The zero-order chi connectivity index (χ0) is 12.8. The fourth-order valence-corrected chi connectivity index (χ4v) is 2.20. The predicted octanol–water partition coefficient (Wildman–Crippen LogP) is 1.77. The molecule has 0 aliphatic rings. The standard InChI is InChI=1S/C12H13N3O2S/c16-11(17)4-6-13-7-9-8-18-12(15-9)10-3-1-2-5-14-10/h1-3,5,8,13H,4,6-7H2,(H,16,17). The number of carbonyl (C=O) groups is 1. The number of aromatic nitrogens is 2. The first-order chi connectivity index (χ1) is 8.75. The molecular formula is C12H13N3O2S. The molecule has 18 heavy (non-hydrogen) atoms. The summed E-state index contributed by atoms with van der Waals surface area (Å²) in [5.74, 6) is -0.796. The summed E-state index contributed by atoms with van der Waals surface area (Å²) in [5, 5.41) is 14.4. The SMILES string of the molecule is O=C(O)CCNCc1csc(-c2ccccn2)n1. The molecule has 2 heterocycles. The van der Waals surface area contributed by atoms with Gasteiger partial charge in [0.15, 0.2) is 0 Å². The van der Waals surface area contributed by atoms with E-state index in [1.54, 1.807) is 6.20 Å². The van der Waals surface area contributed by atoms with Crippen LogP contribution in [-0.2, 0) is 11.3 Å². The molecule has 0 unspecified atom stereocenters. The van der Waals surface area contributed by atoms with Crippen LogP contribution in [0.15, 0.2) is 29.8 Å². The molecule has 0 spiro atoms. The first kappa shape index (κ1) is 12.7. The number of nitrogens with one attached hydrogen (secondary N) is 1. The Balaban J connectivity index is 1.89. The van der Waals surface area contributed by atoms with Crippen LogP contribution in [0.4, 0.5) is 0 Å². The number of carboxylic acid groups (broad SMARTS) is 1. The van der Waals surface area contributed by atoms with Gasteiger partial charge in [-0.1, -0.05) is 6.07 Å². The summed E-state index contributed by atoms with van der Waals surface area (Å²) in [7, 11) is 0. The van der Waals surface area contributed by atoms with E-state index < -0.39 is 5.97 Å². The van der Waals surface area contributed by atoms with Crippen molar-refractivity contribution in [2.75, 3.05) is 6.54 Å². The van der Waals surface area contributed by atoms with Crippen molar-refractivity contribution in [3.05, 3.63) is 35.5 Å². The Bertz CT molecular complexity index is 513. The Morgan fingerprint density at radius 1 is 1.44 bits per heavy atom. The zero-order valence-corrected chi connectivity index (χ0v) is 10.5. The monoisotopic (exact) mass is 263 g/mol. The van der Waals surface area contributed by atoms with Crippen LogP contribution in [0.1, 0.15) is 12.1 Å². The zero-order valence-electron chi connectivity index (χ0n) is 9.67. The molecule has 0 bridgehead atoms. The molecule has 0 aromatic carbocycles. The largest absolute Gasteiger partial charge is 0.481 e. The van der Waals surface area contributed by atoms with Gasteiger partial charge in [-0.15, -0.1) is 11.3 Å². The van der Waals surface area contributed by atoms with Crippen molar-refractivity contribution in [3.8, 4) is 10.7 Å². The Hall–Kier alpha value is -1.79. The molecule has 0 saturated heterocycles. The van der Waals surface area contributed by atoms with Crippen LogP contribution in [0.3, 0.4) is 0 Å². The molecule has 0 fully saturated rings. The van der Waals surface area contributed by atoms with E-state index >= 15 is 0 Å². The quantitative estimate of drug-likeness (QED) is 0.777. The molecule has 2 aromatic rings. The summed E-state index contributed by atoms with van der Waals surface area (Å²) in [6.07, 6.45) is 1.86. The summed E-state index contributed by atoms with van der Waals surface area (Å²) < 4.78 is 0. The van der Waals surface area contributed by atoms with Gasteiger partial charge in [-0.2, -0.15) is 0 Å². The van der Waals surface area contributed by atoms with Crippen molar-refractivity contribution >= 4 is 17.3 Å². The number of hydrogen-bond acceptors (Lipinski definition) is 5. The second kappa shape index (κ2) is 6.23. The van der Waals surface area contributed by atoms with E-state index in [0.29, 0.717) is 13.1 Å². The van der Waals surface area contributed by atoms with Gasteiger partial charge < -0.3 is 10.4 Å². The number of pyridine rings is 1. The van der Waals surface area contributed by atoms with E-state index in [4.69, 9.17) is 5.11 Å². The third-order valence-electron chi connectivity index (χ3n) is 2.26. The van der Waals surface area contributed by atoms with E-state index in [-0.39, 0.29) is 6.42 Å². The minimum Gasteiger partial charge on any atom is -0.481 e. The topological polar surface area (TPSA) is 75.1 Å². The lowest BCUT2D eigenvalue weighted by molar-refractivity contribution is -0.136. The molecule has 6 heteroatoms. The molecule has 2 rings (SSSR count). The molecule has 2 aromatic heterocycles. The Morgan fingerprint density at radius 3 is 3.06 bits per heavy atom. The molecule has 0 saturated carbocycles. The van der Waals surface area contributed by atoms with Crippen LogP contribution in [0.25, 0.3) is 10.7 Å². The third kappa shape index (κ3) is 3.61. The van der Waals surface area contributed by atoms with E-state index in [1.165, 1.54) is 11.3 Å². The summed E-state index contributed by atoms with van der Waals surface area (Å²) in [5.41, 5.74) is 1.77. The van der Waals surface area contributed by atoms with Crippen LogP contribution in [-0.4, -0.2) is 27.6 Å². The molecule has 0 radical (unpaired) electrons. The Morgan fingerprint density at radius 2 is 2.33 bits per heavy atom. The highest BCUT2D eigenvalue weighted by Gasteiger charge is 2.05. The summed E-state index contributed by atoms with van der Waals surface area (Å²) in [4.78, 5) is 19.0. The van der Waals surface area contributed by atoms with Gasteiger partial charge in [-0.3, -0.25) is 9.78 Å². The lowest BCUT2D eigenvalue weighted by Crippen LogP contribution is -2.17. The number of hydrogen-bond donors (Lipinski definition) is 2. The maximum Gasteiger partial charge on any atom is 0.304 e. The van der Waals surface area contributed by atoms with Crippen molar-refractivity contribution in [1.29, 1.82) is 0 Å². The van der Waals surface area contributed by atoms with Gasteiger partial charge in [0, 0.05) is 24.7 Å². The highest BCUT2D eigenvalue weighted by molar-refractivity contribution is 7.13. The molecular weight excluding hydrogens is 250 g/mol. The molecule has 0 atom stereocenters. The van der Waals surface area contributed by atoms with Crippen molar-refractivity contribution in [2.24, 2.45) is 0 Å². The van der Waals surface area contributed by atoms with E-state index in [0.717, 1.165) is 16.4 Å². The average Bonchev–Trinajstić information content (AvgIpc) is 2.84. The summed E-state index contributed by atoms with van der Waals surface area (Å²) in [6.45, 7) is 1.03. The fourth-order valence-electron chi connectivity index (χ4n) is 1.41. The van der Waals surface area contributed by atoms with Crippen LogP contribution in [0.2, 0.25) is 0 Å². The van der Waals surface area contributed by atoms with Crippen LogP contribution >= 0.6 is 11.3 Å². The van der Waals surface area contributed by atoms with Gasteiger partial charge in [0.25, 0.3) is 0 Å². The Kier molecular flexibility index (Phi) is 4.38. The van der Waals surface area contributed by atoms with Crippen LogP contribution in [0.5, 0.6) is 0 Å². The maximum absolute atomic E-state index is 10.3. The Labute approximate surface area is 109 Å².